The largest absolute Gasteiger partial charge is 0.479 e. The minimum Gasteiger partial charge on any atom is -0.479 e. The first kappa shape index (κ1) is 17.1. The molecule has 8 heteroatoms. The van der Waals surface area contributed by atoms with E-state index in [9.17, 15) is 12.8 Å². The third kappa shape index (κ3) is 4.89. The van der Waals surface area contributed by atoms with Crippen molar-refractivity contribution < 1.29 is 17.5 Å². The van der Waals surface area contributed by atoms with Crippen LogP contribution in [-0.4, -0.2) is 51.3 Å². The topological polar surface area (TPSA) is 71.5 Å². The number of ether oxygens (including phenoxy) is 1. The number of likely N-dealkylation sites (tertiary alicyclic amines) is 1. The summed E-state index contributed by atoms with van der Waals surface area (Å²) in [5.74, 6) is -0.0570. The Balaban J connectivity index is 1.85. The van der Waals surface area contributed by atoms with Crippen molar-refractivity contribution in [2.75, 3.05) is 33.0 Å². The van der Waals surface area contributed by atoms with Gasteiger partial charge in [-0.05, 0) is 37.9 Å². The molecule has 0 amide bonds. The molecule has 1 aromatic rings. The zero-order valence-electron chi connectivity index (χ0n) is 12.9. The highest BCUT2D eigenvalue weighted by atomic mass is 32.2. The number of methoxy groups -OCH3 is 1. The number of nitrogens with zero attached hydrogens (tertiary/aromatic N) is 2. The fraction of sp³-hybridized carbons (Fsp3) is 0.643. The lowest BCUT2D eigenvalue weighted by Gasteiger charge is -2.32. The van der Waals surface area contributed by atoms with Gasteiger partial charge in [0.15, 0.2) is 5.82 Å². The van der Waals surface area contributed by atoms with E-state index in [0.29, 0.717) is 24.6 Å². The summed E-state index contributed by atoms with van der Waals surface area (Å²) in [6, 6.07) is 1.66. The lowest BCUT2D eigenvalue weighted by molar-refractivity contribution is 0.176. The van der Waals surface area contributed by atoms with Crippen molar-refractivity contribution >= 4 is 10.0 Å². The highest BCUT2D eigenvalue weighted by Gasteiger charge is 2.21. The molecule has 0 aliphatic carbocycles. The Morgan fingerprint density at radius 1 is 1.45 bits per heavy atom. The fourth-order valence-corrected chi connectivity index (χ4v) is 3.12. The number of aromatic nitrogens is 1. The van der Waals surface area contributed by atoms with Crippen LogP contribution >= 0.6 is 0 Å². The van der Waals surface area contributed by atoms with Crippen LogP contribution in [0, 0.1) is 11.7 Å². The van der Waals surface area contributed by atoms with Gasteiger partial charge in [0.05, 0.1) is 13.4 Å². The van der Waals surface area contributed by atoms with Crippen molar-refractivity contribution in [2.45, 2.75) is 19.4 Å². The molecule has 0 atom stereocenters. The van der Waals surface area contributed by atoms with Gasteiger partial charge in [0.1, 0.15) is 0 Å². The maximum atomic E-state index is 14.1. The number of rotatable bonds is 6. The van der Waals surface area contributed by atoms with Crippen LogP contribution in [0.5, 0.6) is 5.88 Å². The summed E-state index contributed by atoms with van der Waals surface area (Å²) in [5.41, 5.74) is 0.569. The normalized spacial score (nSPS) is 17.6. The Kier molecular flexibility index (Phi) is 5.71. The maximum absolute atomic E-state index is 14.1. The Morgan fingerprint density at radius 3 is 2.73 bits per heavy atom. The van der Waals surface area contributed by atoms with Crippen LogP contribution in [0.3, 0.4) is 0 Å². The highest BCUT2D eigenvalue weighted by Crippen LogP contribution is 2.22. The Labute approximate surface area is 130 Å². The molecule has 0 radical (unpaired) electrons. The van der Waals surface area contributed by atoms with Crippen LogP contribution in [0.25, 0.3) is 0 Å². The molecule has 1 aliphatic heterocycles. The average molecular weight is 331 g/mol. The van der Waals surface area contributed by atoms with Crippen LogP contribution in [-0.2, 0) is 16.6 Å². The number of nitrogens with one attached hydrogen (secondary N) is 1. The van der Waals surface area contributed by atoms with E-state index >= 15 is 0 Å². The second-order valence-electron chi connectivity index (χ2n) is 5.63. The molecule has 2 heterocycles. The molecule has 1 aliphatic rings. The molecule has 0 spiro atoms. The van der Waals surface area contributed by atoms with Gasteiger partial charge in [-0.1, -0.05) is 0 Å². The molecule has 22 heavy (non-hydrogen) atoms. The molecule has 2 rings (SSSR count). The number of hydrogen-bond donors (Lipinski definition) is 1. The summed E-state index contributed by atoms with van der Waals surface area (Å²) >= 11 is 0. The van der Waals surface area contributed by atoms with Crippen molar-refractivity contribution in [1.82, 2.24) is 14.6 Å². The molecule has 6 nitrogen and oxygen atoms in total. The summed E-state index contributed by atoms with van der Waals surface area (Å²) in [7, 11) is -1.73. The summed E-state index contributed by atoms with van der Waals surface area (Å²) in [5, 5.41) is 0. The summed E-state index contributed by atoms with van der Waals surface area (Å²) in [4.78, 5) is 5.99. The van der Waals surface area contributed by atoms with E-state index < -0.39 is 15.8 Å². The van der Waals surface area contributed by atoms with Gasteiger partial charge < -0.3 is 4.74 Å². The number of halogens is 1. The van der Waals surface area contributed by atoms with Gasteiger partial charge in [0.25, 0.3) is 0 Å². The van der Waals surface area contributed by atoms with Crippen molar-refractivity contribution in [1.29, 1.82) is 0 Å². The van der Waals surface area contributed by atoms with Gasteiger partial charge in [-0.15, -0.1) is 0 Å². The van der Waals surface area contributed by atoms with E-state index in [1.165, 1.54) is 13.4 Å². The molecular weight excluding hydrogens is 309 g/mol. The van der Waals surface area contributed by atoms with Crippen LogP contribution in [0.2, 0.25) is 0 Å². The van der Waals surface area contributed by atoms with Gasteiger partial charge in [0.2, 0.25) is 15.9 Å². The van der Waals surface area contributed by atoms with Gasteiger partial charge >= 0.3 is 0 Å². The molecule has 1 aromatic heterocycles. The zero-order chi connectivity index (χ0) is 16.2. The first-order valence-corrected chi connectivity index (χ1v) is 9.12. The number of pyridine rings is 1. The third-order valence-corrected chi connectivity index (χ3v) is 4.56. The monoisotopic (exact) mass is 331 g/mol. The van der Waals surface area contributed by atoms with E-state index in [1.807, 2.05) is 0 Å². The third-order valence-electron chi connectivity index (χ3n) is 3.87. The second-order valence-corrected chi connectivity index (χ2v) is 7.47. The summed E-state index contributed by atoms with van der Waals surface area (Å²) in [6.07, 6.45) is 4.50. The standard InChI is InChI=1S/C14H22FN3O3S/c1-21-14-13(15)12(3-6-16-14)10-18-7-4-11(5-8-18)9-17-22(2,19)20/h3,6,11,17H,4-5,7-10H2,1-2H3. The lowest BCUT2D eigenvalue weighted by Crippen LogP contribution is -2.38. The fourth-order valence-electron chi connectivity index (χ4n) is 2.59. The van der Waals surface area contributed by atoms with Crippen molar-refractivity contribution in [3.05, 3.63) is 23.6 Å². The summed E-state index contributed by atoms with van der Waals surface area (Å²) < 4.78 is 43.7. The molecule has 1 saturated heterocycles. The molecular formula is C14H22FN3O3S. The summed E-state index contributed by atoms with van der Waals surface area (Å²) in [6.45, 7) is 2.63. The van der Waals surface area contributed by atoms with E-state index in [0.717, 1.165) is 25.9 Å². The molecule has 0 aromatic carbocycles. The number of piperidine rings is 1. The van der Waals surface area contributed by atoms with Crippen LogP contribution in [0.4, 0.5) is 4.39 Å². The predicted molar refractivity (Wildman–Crippen MR) is 81.6 cm³/mol. The molecule has 124 valence electrons. The highest BCUT2D eigenvalue weighted by molar-refractivity contribution is 7.88. The Morgan fingerprint density at radius 2 is 2.14 bits per heavy atom. The van der Waals surface area contributed by atoms with Crippen molar-refractivity contribution in [2.24, 2.45) is 5.92 Å². The Hall–Kier alpha value is -1.25. The Bertz CT molecular complexity index is 601. The SMILES string of the molecule is COc1nccc(CN2CCC(CNS(C)(=O)=O)CC2)c1F. The van der Waals surface area contributed by atoms with Crippen LogP contribution < -0.4 is 9.46 Å². The van der Waals surface area contributed by atoms with Crippen molar-refractivity contribution in [3.8, 4) is 5.88 Å². The van der Waals surface area contributed by atoms with Crippen molar-refractivity contribution in [3.63, 3.8) is 0 Å². The smallest absolute Gasteiger partial charge is 0.250 e. The number of hydrogen-bond acceptors (Lipinski definition) is 5. The quantitative estimate of drug-likeness (QED) is 0.842. The zero-order valence-corrected chi connectivity index (χ0v) is 13.7. The minimum atomic E-state index is -3.13. The maximum Gasteiger partial charge on any atom is 0.250 e. The molecule has 1 fully saturated rings. The van der Waals surface area contributed by atoms with Gasteiger partial charge in [-0.3, -0.25) is 4.90 Å². The average Bonchev–Trinajstić information content (AvgIpc) is 2.48. The molecule has 1 N–H and O–H groups in total. The van der Waals surface area contributed by atoms with E-state index in [-0.39, 0.29) is 5.88 Å². The van der Waals surface area contributed by atoms with E-state index in [1.54, 1.807) is 12.3 Å². The van der Waals surface area contributed by atoms with Gasteiger partial charge in [-0.25, -0.2) is 22.5 Å². The van der Waals surface area contributed by atoms with Gasteiger partial charge in [-0.2, -0.15) is 0 Å². The van der Waals surface area contributed by atoms with Crippen LogP contribution in [0.1, 0.15) is 18.4 Å². The first-order valence-electron chi connectivity index (χ1n) is 7.23. The lowest BCUT2D eigenvalue weighted by atomic mass is 9.97. The first-order chi connectivity index (χ1) is 10.4. The minimum absolute atomic E-state index is 0.0183. The van der Waals surface area contributed by atoms with E-state index in [2.05, 4.69) is 14.6 Å². The number of sulfonamides is 1. The molecule has 0 bridgehead atoms. The van der Waals surface area contributed by atoms with Gasteiger partial charge in [0, 0.05) is 24.8 Å². The predicted octanol–water partition coefficient (Wildman–Crippen LogP) is 0.990. The second kappa shape index (κ2) is 7.34. The molecule has 0 unspecified atom stereocenters. The van der Waals surface area contributed by atoms with Crippen LogP contribution in [0.15, 0.2) is 12.3 Å². The molecule has 0 saturated carbocycles. The van der Waals surface area contributed by atoms with E-state index in [4.69, 9.17) is 4.74 Å².